The smallest absolute Gasteiger partial charge is 0.275 e. The van der Waals surface area contributed by atoms with Gasteiger partial charge in [-0.05, 0) is 49.6 Å². The maximum atomic E-state index is 13.7. The Morgan fingerprint density at radius 2 is 2.14 bits per heavy atom. The number of nitrogens with zero attached hydrogens (tertiary/aromatic N) is 6. The molecule has 0 aliphatic carbocycles. The zero-order chi connectivity index (χ0) is 24.2. The van der Waals surface area contributed by atoms with Crippen molar-refractivity contribution in [3.05, 3.63) is 77.8 Å². The Kier molecular flexibility index (Phi) is 6.38. The monoisotopic (exact) mass is 469 g/mol. The average molecular weight is 470 g/mol. The number of hydrogen-bond acceptors (Lipinski definition) is 5. The Bertz CT molecular complexity index is 1330. The summed E-state index contributed by atoms with van der Waals surface area (Å²) in [4.78, 5) is 28.1. The Morgan fingerprint density at radius 1 is 1.23 bits per heavy atom. The fraction of sp³-hybridized carbons (Fsp3) is 0.231. The number of fused-ring (bicyclic) bond motifs is 1. The zero-order valence-corrected chi connectivity index (χ0v) is 19.0. The second kappa shape index (κ2) is 9.92. The minimum atomic E-state index is -0.460. The first-order valence-electron chi connectivity index (χ1n) is 11.5. The van der Waals surface area contributed by atoms with Crippen LogP contribution in [0.2, 0.25) is 0 Å². The van der Waals surface area contributed by atoms with E-state index in [1.165, 1.54) is 12.1 Å². The van der Waals surface area contributed by atoms with Gasteiger partial charge in [-0.1, -0.05) is 18.2 Å². The maximum absolute atomic E-state index is 13.7. The van der Waals surface area contributed by atoms with E-state index in [2.05, 4.69) is 20.1 Å². The molecule has 5 heterocycles. The van der Waals surface area contributed by atoms with Gasteiger partial charge in [-0.25, -0.2) is 19.0 Å². The minimum Gasteiger partial charge on any atom is -0.334 e. The zero-order valence-electron chi connectivity index (χ0n) is 19.0. The molecule has 0 aromatic carbocycles. The van der Waals surface area contributed by atoms with Gasteiger partial charge < -0.3 is 4.90 Å². The number of halogens is 1. The number of hydrogen-bond donors (Lipinski definition) is 1. The molecule has 1 saturated heterocycles. The van der Waals surface area contributed by atoms with Crippen LogP contribution >= 0.6 is 0 Å². The van der Waals surface area contributed by atoms with Gasteiger partial charge in [0.15, 0.2) is 11.5 Å². The summed E-state index contributed by atoms with van der Waals surface area (Å²) in [7, 11) is 0. The number of rotatable bonds is 5. The van der Waals surface area contributed by atoms with Gasteiger partial charge in [0.25, 0.3) is 5.91 Å². The molecule has 1 atom stereocenters. The molecule has 2 aliphatic rings. The number of likely N-dealkylation sites (tertiary alicyclic amines) is 1. The van der Waals surface area contributed by atoms with E-state index in [0.29, 0.717) is 30.0 Å². The molecular formula is C26H24FN7O. The highest BCUT2D eigenvalue weighted by atomic mass is 19.1. The normalized spacial score (nSPS) is 17.1. The number of nitrogens with one attached hydrogen (secondary N) is 1. The summed E-state index contributed by atoms with van der Waals surface area (Å²) in [6, 6.07) is 8.25. The van der Waals surface area contributed by atoms with Crippen molar-refractivity contribution in [1.82, 2.24) is 24.6 Å². The number of aromatic nitrogens is 4. The third-order valence-corrected chi connectivity index (χ3v) is 6.07. The Morgan fingerprint density at radius 3 is 2.94 bits per heavy atom. The van der Waals surface area contributed by atoms with Gasteiger partial charge in [0.2, 0.25) is 0 Å². The Labute approximate surface area is 202 Å². The highest BCUT2D eigenvalue weighted by Crippen LogP contribution is 2.31. The minimum absolute atomic E-state index is 0.0465. The Balaban J connectivity index is 1.38. The third-order valence-electron chi connectivity index (χ3n) is 6.07. The van der Waals surface area contributed by atoms with E-state index < -0.39 is 5.82 Å². The molecule has 1 amide bonds. The summed E-state index contributed by atoms with van der Waals surface area (Å²) in [5.41, 5.74) is 2.93. The number of amides is 1. The summed E-state index contributed by atoms with van der Waals surface area (Å²) < 4.78 is 14.8. The molecule has 3 aromatic heterocycles. The van der Waals surface area contributed by atoms with Crippen molar-refractivity contribution in [1.29, 1.82) is 5.41 Å². The number of carbonyl (C=O) groups is 1. The number of pyridine rings is 2. The highest BCUT2D eigenvalue weighted by Gasteiger charge is 2.33. The average Bonchev–Trinajstić information content (AvgIpc) is 3.42. The van der Waals surface area contributed by atoms with Gasteiger partial charge >= 0.3 is 0 Å². The summed E-state index contributed by atoms with van der Waals surface area (Å²) in [6.45, 7) is 0.629. The van der Waals surface area contributed by atoms with Gasteiger partial charge in [0.05, 0.1) is 23.1 Å². The van der Waals surface area contributed by atoms with E-state index in [0.717, 1.165) is 36.7 Å². The fourth-order valence-electron chi connectivity index (χ4n) is 4.38. The lowest BCUT2D eigenvalue weighted by molar-refractivity contribution is 0.0735. The van der Waals surface area contributed by atoms with Gasteiger partial charge in [-0.3, -0.25) is 15.2 Å². The third kappa shape index (κ3) is 4.70. The summed E-state index contributed by atoms with van der Waals surface area (Å²) >= 11 is 0. The van der Waals surface area contributed by atoms with Crippen LogP contribution in [0.25, 0.3) is 23.5 Å². The van der Waals surface area contributed by atoms with E-state index in [1.807, 2.05) is 47.5 Å². The molecule has 0 radical (unpaired) electrons. The van der Waals surface area contributed by atoms with Gasteiger partial charge in [-0.15, -0.1) is 0 Å². The van der Waals surface area contributed by atoms with E-state index in [1.54, 1.807) is 17.1 Å². The first-order chi connectivity index (χ1) is 17.1. The lowest BCUT2D eigenvalue weighted by Gasteiger charge is -2.23. The summed E-state index contributed by atoms with van der Waals surface area (Å²) in [5, 5.41) is 12.7. The Hall–Kier alpha value is -4.27. The molecule has 0 bridgehead atoms. The number of aliphatic imine (C=N–C) groups is 1. The summed E-state index contributed by atoms with van der Waals surface area (Å²) in [5.74, 6) is -0.646. The quantitative estimate of drug-likeness (QED) is 0.440. The van der Waals surface area contributed by atoms with Crippen LogP contribution < -0.4 is 0 Å². The van der Waals surface area contributed by atoms with Crippen molar-refractivity contribution < 1.29 is 9.18 Å². The predicted octanol–water partition coefficient (Wildman–Crippen LogP) is 4.46. The van der Waals surface area contributed by atoms with Crippen LogP contribution in [0, 0.1) is 11.2 Å². The second-order valence-corrected chi connectivity index (χ2v) is 8.34. The van der Waals surface area contributed by atoms with Crippen molar-refractivity contribution in [2.45, 2.75) is 31.7 Å². The fourth-order valence-corrected chi connectivity index (χ4v) is 4.38. The van der Waals surface area contributed by atoms with E-state index >= 15 is 0 Å². The molecular weight excluding hydrogens is 445 g/mol. The molecule has 0 unspecified atom stereocenters. The highest BCUT2D eigenvalue weighted by molar-refractivity contribution is 6.01. The number of amidine groups is 1. The van der Waals surface area contributed by atoms with Crippen molar-refractivity contribution in [3.63, 3.8) is 0 Å². The topological polar surface area (TPSA) is 100 Å². The van der Waals surface area contributed by atoms with Crippen molar-refractivity contribution >= 4 is 30.2 Å². The first-order valence-corrected chi connectivity index (χ1v) is 11.5. The molecule has 1 fully saturated rings. The molecule has 2 aliphatic heterocycles. The molecule has 5 rings (SSSR count). The molecule has 0 saturated carbocycles. The molecule has 9 heteroatoms. The van der Waals surface area contributed by atoms with Crippen LogP contribution in [0.4, 0.5) is 4.39 Å². The SMILES string of the molecule is N=C(N=CC[C@@H]1CCCN1C(=O)c1nn2c(c1-c1ccccn1)C=CCC=C2)c1ccc(F)cn1. The maximum Gasteiger partial charge on any atom is 0.275 e. The molecule has 176 valence electrons. The van der Waals surface area contributed by atoms with Crippen LogP contribution in [-0.4, -0.2) is 55.2 Å². The number of allylic oxidation sites excluding steroid dienone is 2. The lowest BCUT2D eigenvalue weighted by atomic mass is 10.1. The van der Waals surface area contributed by atoms with Crippen molar-refractivity contribution in [2.24, 2.45) is 4.99 Å². The lowest BCUT2D eigenvalue weighted by Crippen LogP contribution is -2.36. The van der Waals surface area contributed by atoms with Gasteiger partial charge in [-0.2, -0.15) is 5.10 Å². The molecule has 0 spiro atoms. The molecule has 3 aromatic rings. The van der Waals surface area contributed by atoms with Crippen LogP contribution in [0.1, 0.15) is 47.6 Å². The summed E-state index contributed by atoms with van der Waals surface area (Å²) in [6.07, 6.45) is 15.3. The van der Waals surface area contributed by atoms with Crippen LogP contribution in [0.3, 0.4) is 0 Å². The standard InChI is InChI=1S/C26H24FN7O/c27-18-10-11-21(31-17-18)25(28)30-14-12-19-7-6-15-33(19)26(35)24-23(20-8-3-4-13-29-20)22-9-2-1-5-16-34(22)32-24/h2-5,8-11,13-14,16-17,19,28H,1,6-7,12,15H2/t19-/m0/s1. The largest absolute Gasteiger partial charge is 0.334 e. The van der Waals surface area contributed by atoms with Crippen molar-refractivity contribution in [3.8, 4) is 11.3 Å². The van der Waals surface area contributed by atoms with E-state index in [9.17, 15) is 9.18 Å². The predicted molar refractivity (Wildman–Crippen MR) is 133 cm³/mol. The van der Waals surface area contributed by atoms with Crippen molar-refractivity contribution in [2.75, 3.05) is 6.54 Å². The first kappa shape index (κ1) is 22.5. The van der Waals surface area contributed by atoms with Gasteiger partial charge in [0.1, 0.15) is 11.5 Å². The second-order valence-electron chi connectivity index (χ2n) is 8.34. The van der Waals surface area contributed by atoms with E-state index in [-0.39, 0.29) is 17.8 Å². The molecule has 1 N–H and O–H groups in total. The number of carbonyl (C=O) groups excluding carboxylic acids is 1. The van der Waals surface area contributed by atoms with Gasteiger partial charge in [0, 0.05) is 37.6 Å². The van der Waals surface area contributed by atoms with Crippen LogP contribution in [0.15, 0.2) is 59.9 Å². The van der Waals surface area contributed by atoms with E-state index in [4.69, 9.17) is 5.41 Å². The molecule has 8 nitrogen and oxygen atoms in total. The van der Waals surface area contributed by atoms with Crippen LogP contribution in [-0.2, 0) is 0 Å². The van der Waals surface area contributed by atoms with Crippen LogP contribution in [0.5, 0.6) is 0 Å². The molecule has 35 heavy (non-hydrogen) atoms.